The van der Waals surface area contributed by atoms with Crippen LogP contribution in [0.3, 0.4) is 0 Å². The molecule has 2 aliphatic carbocycles. The van der Waals surface area contributed by atoms with Gasteiger partial charge in [0.05, 0.1) is 16.8 Å². The van der Waals surface area contributed by atoms with E-state index < -0.39 is 5.41 Å². The Bertz CT molecular complexity index is 3810. The molecule has 12 aromatic rings. The molecule has 0 radical (unpaired) electrons. The highest BCUT2D eigenvalue weighted by Crippen LogP contribution is 2.61. The van der Waals surface area contributed by atoms with Crippen molar-refractivity contribution in [2.75, 3.05) is 0 Å². The Kier molecular flexibility index (Phi) is 8.84. The predicted octanol–water partition coefficient (Wildman–Crippen LogP) is 17.1. The molecule has 0 amide bonds. The predicted molar refractivity (Wildman–Crippen MR) is 286 cm³/mol. The summed E-state index contributed by atoms with van der Waals surface area (Å²) in [7, 11) is 0. The molecule has 0 saturated heterocycles. The Morgan fingerprint density at radius 1 is 0.232 bits per heavy atom. The highest BCUT2D eigenvalue weighted by molar-refractivity contribution is 6.00. The molecule has 1 aromatic heterocycles. The summed E-state index contributed by atoms with van der Waals surface area (Å²) in [5, 5.41) is 4.95. The van der Waals surface area contributed by atoms with E-state index in [9.17, 15) is 0 Å². The molecule has 0 atom stereocenters. The molecular formula is C67H42N2. The van der Waals surface area contributed by atoms with Crippen LogP contribution in [-0.4, -0.2) is 9.97 Å². The van der Waals surface area contributed by atoms with E-state index in [0.717, 1.165) is 28.1 Å². The molecule has 0 bridgehead atoms. The fourth-order valence-corrected chi connectivity index (χ4v) is 11.7. The summed E-state index contributed by atoms with van der Waals surface area (Å²) in [6.45, 7) is 0. The van der Waals surface area contributed by atoms with Crippen LogP contribution in [0.2, 0.25) is 0 Å². The molecule has 0 N–H and O–H groups in total. The van der Waals surface area contributed by atoms with Crippen molar-refractivity contribution in [1.82, 2.24) is 9.97 Å². The topological polar surface area (TPSA) is 25.8 Å². The van der Waals surface area contributed by atoms with Crippen LogP contribution in [0.25, 0.3) is 111 Å². The summed E-state index contributed by atoms with van der Waals surface area (Å²) < 4.78 is 0. The van der Waals surface area contributed by atoms with Crippen LogP contribution in [0.1, 0.15) is 22.3 Å². The maximum absolute atomic E-state index is 5.47. The van der Waals surface area contributed by atoms with E-state index in [0.29, 0.717) is 5.82 Å². The van der Waals surface area contributed by atoms with Crippen molar-refractivity contribution < 1.29 is 0 Å². The van der Waals surface area contributed by atoms with E-state index in [1.807, 2.05) is 0 Å². The van der Waals surface area contributed by atoms with Crippen LogP contribution in [-0.2, 0) is 5.41 Å². The maximum atomic E-state index is 5.47. The SMILES string of the molecule is c1ccc2c(c1)-c1ccccc1C1(c3ccc(-c4nc(-c5ccc(-c6cccc7ccccc67)cc5)cc(-c5ccc(-c6cccc7ccccc67)cc5)n4)cc3-2)c2ccccc2-c2ccccc21. The van der Waals surface area contributed by atoms with Gasteiger partial charge in [0.2, 0.25) is 0 Å². The van der Waals surface area contributed by atoms with Crippen LogP contribution in [0, 0.1) is 0 Å². The van der Waals surface area contributed by atoms with Gasteiger partial charge >= 0.3 is 0 Å². The fourth-order valence-electron chi connectivity index (χ4n) is 11.7. The lowest BCUT2D eigenvalue weighted by Gasteiger charge is -2.35. The Labute approximate surface area is 401 Å². The molecule has 0 fully saturated rings. The molecule has 14 rings (SSSR count). The first-order valence-corrected chi connectivity index (χ1v) is 23.8. The highest BCUT2D eigenvalue weighted by atomic mass is 14.9. The molecular weight excluding hydrogens is 833 g/mol. The van der Waals surface area contributed by atoms with Gasteiger partial charge in [0.15, 0.2) is 5.82 Å². The van der Waals surface area contributed by atoms with Gasteiger partial charge in [-0.05, 0) is 112 Å². The van der Waals surface area contributed by atoms with Crippen LogP contribution in [0.4, 0.5) is 0 Å². The van der Waals surface area contributed by atoms with Crippen LogP contribution in [0.15, 0.2) is 255 Å². The van der Waals surface area contributed by atoms with Crippen molar-refractivity contribution in [2.45, 2.75) is 5.41 Å². The average molecular weight is 875 g/mol. The van der Waals surface area contributed by atoms with Crippen molar-refractivity contribution in [3.63, 3.8) is 0 Å². The third-order valence-electron chi connectivity index (χ3n) is 14.8. The smallest absolute Gasteiger partial charge is 0.160 e. The number of fused-ring (bicyclic) bond motifs is 14. The molecule has 2 heteroatoms. The Hall–Kier alpha value is -8.98. The van der Waals surface area contributed by atoms with Crippen molar-refractivity contribution >= 4 is 21.5 Å². The van der Waals surface area contributed by atoms with Gasteiger partial charge in [-0.15, -0.1) is 0 Å². The fraction of sp³-hybridized carbons (Fsp3) is 0.0149. The zero-order valence-corrected chi connectivity index (χ0v) is 37.6. The Morgan fingerprint density at radius 3 is 1.09 bits per heavy atom. The van der Waals surface area contributed by atoms with Gasteiger partial charge in [-0.2, -0.15) is 0 Å². The molecule has 0 aliphatic heterocycles. The monoisotopic (exact) mass is 874 g/mol. The van der Waals surface area contributed by atoms with E-state index in [-0.39, 0.29) is 0 Å². The van der Waals surface area contributed by atoms with E-state index in [4.69, 9.17) is 9.97 Å². The van der Waals surface area contributed by atoms with Crippen LogP contribution < -0.4 is 0 Å². The summed E-state index contributed by atoms with van der Waals surface area (Å²) in [5.74, 6) is 0.682. The quantitative estimate of drug-likeness (QED) is 0.172. The Morgan fingerprint density at radius 2 is 0.580 bits per heavy atom. The van der Waals surface area contributed by atoms with Crippen molar-refractivity contribution in [1.29, 1.82) is 0 Å². The molecule has 11 aromatic carbocycles. The summed E-state index contributed by atoms with van der Waals surface area (Å²) in [6.07, 6.45) is 0. The zero-order chi connectivity index (χ0) is 45.5. The molecule has 0 saturated carbocycles. The number of hydrogen-bond acceptors (Lipinski definition) is 2. The van der Waals surface area contributed by atoms with E-state index >= 15 is 0 Å². The van der Waals surface area contributed by atoms with Crippen molar-refractivity contribution in [2.24, 2.45) is 0 Å². The van der Waals surface area contributed by atoms with E-state index in [1.165, 1.54) is 99.4 Å². The van der Waals surface area contributed by atoms with Gasteiger partial charge < -0.3 is 0 Å². The average Bonchev–Trinajstić information content (AvgIpc) is 3.67. The molecule has 2 nitrogen and oxygen atoms in total. The molecule has 0 unspecified atom stereocenters. The second-order valence-corrected chi connectivity index (χ2v) is 18.4. The number of aromatic nitrogens is 2. The normalized spacial score (nSPS) is 12.8. The molecule has 320 valence electrons. The number of benzene rings is 11. The first-order chi connectivity index (χ1) is 34.2. The van der Waals surface area contributed by atoms with Crippen molar-refractivity contribution in [3.05, 3.63) is 277 Å². The van der Waals surface area contributed by atoms with Crippen LogP contribution >= 0.6 is 0 Å². The Balaban J connectivity index is 0.968. The minimum atomic E-state index is -0.553. The molecule has 69 heavy (non-hydrogen) atoms. The van der Waals surface area contributed by atoms with Gasteiger partial charge in [-0.25, -0.2) is 9.97 Å². The van der Waals surface area contributed by atoms with Crippen molar-refractivity contribution in [3.8, 4) is 89.5 Å². The highest BCUT2D eigenvalue weighted by Gasteiger charge is 2.49. The number of nitrogens with zero attached hydrogens (tertiary/aromatic N) is 2. The summed E-state index contributed by atoms with van der Waals surface area (Å²) in [6, 6.07) is 93.1. The minimum Gasteiger partial charge on any atom is -0.228 e. The second kappa shape index (κ2) is 15.6. The second-order valence-electron chi connectivity index (χ2n) is 18.4. The number of hydrogen-bond donors (Lipinski definition) is 0. The molecule has 2 aliphatic rings. The molecule has 1 spiro atoms. The lowest BCUT2D eigenvalue weighted by Crippen LogP contribution is -2.29. The third-order valence-corrected chi connectivity index (χ3v) is 14.8. The van der Waals surface area contributed by atoms with Gasteiger partial charge in [0.25, 0.3) is 0 Å². The van der Waals surface area contributed by atoms with E-state index in [1.54, 1.807) is 0 Å². The lowest BCUT2D eigenvalue weighted by atomic mass is 9.66. The molecule has 1 heterocycles. The number of rotatable bonds is 5. The minimum absolute atomic E-state index is 0.553. The van der Waals surface area contributed by atoms with Gasteiger partial charge in [0, 0.05) is 16.7 Å². The first kappa shape index (κ1) is 39.2. The lowest BCUT2D eigenvalue weighted by molar-refractivity contribution is 0.775. The van der Waals surface area contributed by atoms with Gasteiger partial charge in [-0.1, -0.05) is 243 Å². The van der Waals surface area contributed by atoms with E-state index in [2.05, 4.69) is 255 Å². The maximum Gasteiger partial charge on any atom is 0.160 e. The van der Waals surface area contributed by atoms with Crippen LogP contribution in [0.5, 0.6) is 0 Å². The summed E-state index contributed by atoms with van der Waals surface area (Å²) >= 11 is 0. The summed E-state index contributed by atoms with van der Waals surface area (Å²) in [5.41, 5.74) is 21.6. The van der Waals surface area contributed by atoms with Gasteiger partial charge in [0.1, 0.15) is 0 Å². The zero-order valence-electron chi connectivity index (χ0n) is 37.6. The van der Waals surface area contributed by atoms with Gasteiger partial charge in [-0.3, -0.25) is 0 Å². The third kappa shape index (κ3) is 6.06. The largest absolute Gasteiger partial charge is 0.228 e. The summed E-state index contributed by atoms with van der Waals surface area (Å²) in [4.78, 5) is 10.9. The first-order valence-electron chi connectivity index (χ1n) is 23.8. The standard InChI is InChI=1S/C67H42N2/c1-3-19-50-43(15-1)17-13-26-52(50)45-31-35-47(36-32-45)64-42-65(48-37-33-46(34-38-48)53-27-14-18-44-16-2-4-20-51(44)53)69-66(68-64)49-39-40-63-59(41-49)55-22-6-5-21-54(55)56-23-7-10-28-60(56)67(63)61-29-11-8-24-57(61)58-25-9-12-30-62(58)67/h1-42H.